The third-order valence-corrected chi connectivity index (χ3v) is 2.59. The Morgan fingerprint density at radius 3 is 2.54 bits per heavy atom. The fraction of sp³-hybridized carbons (Fsp3) is 0.714. The zero-order valence-corrected chi connectivity index (χ0v) is 8.23. The predicted octanol–water partition coefficient (Wildman–Crippen LogP) is -0.654. The van der Waals surface area contributed by atoms with E-state index in [0.29, 0.717) is 11.5 Å². The van der Waals surface area contributed by atoms with E-state index in [1.807, 2.05) is 0 Å². The fourth-order valence-corrected chi connectivity index (χ4v) is 1.27. The molecular formula is C7H13NO4S. The van der Waals surface area contributed by atoms with Gasteiger partial charge >= 0.3 is 5.97 Å². The molecule has 0 spiro atoms. The highest BCUT2D eigenvalue weighted by molar-refractivity contribution is 7.84. The molecule has 0 saturated carbocycles. The summed E-state index contributed by atoms with van der Waals surface area (Å²) in [6.45, 7) is 2.06. The van der Waals surface area contributed by atoms with Gasteiger partial charge in [0.2, 0.25) is 5.91 Å². The first-order valence-corrected chi connectivity index (χ1v) is 5.38. The van der Waals surface area contributed by atoms with Crippen LogP contribution in [0.25, 0.3) is 0 Å². The van der Waals surface area contributed by atoms with Crippen molar-refractivity contribution in [3.05, 3.63) is 0 Å². The Hall–Kier alpha value is -0.910. The maximum atomic E-state index is 10.9. The number of hydrogen-bond acceptors (Lipinski definition) is 3. The van der Waals surface area contributed by atoms with Gasteiger partial charge in [0, 0.05) is 28.9 Å². The molecule has 13 heavy (non-hydrogen) atoms. The van der Waals surface area contributed by atoms with Crippen molar-refractivity contribution in [3.63, 3.8) is 0 Å². The van der Waals surface area contributed by atoms with E-state index in [2.05, 4.69) is 5.32 Å². The largest absolute Gasteiger partial charge is 0.481 e. The van der Waals surface area contributed by atoms with Crippen LogP contribution in [0, 0.1) is 0 Å². The summed E-state index contributed by atoms with van der Waals surface area (Å²) in [6, 6.07) is 0. The van der Waals surface area contributed by atoms with Gasteiger partial charge in [0.1, 0.15) is 6.42 Å². The van der Waals surface area contributed by atoms with Crippen LogP contribution in [0.4, 0.5) is 0 Å². The smallest absolute Gasteiger partial charge is 0.312 e. The van der Waals surface area contributed by atoms with E-state index >= 15 is 0 Å². The highest BCUT2D eigenvalue weighted by Gasteiger charge is 2.06. The van der Waals surface area contributed by atoms with Crippen LogP contribution in [0.1, 0.15) is 13.3 Å². The summed E-state index contributed by atoms with van der Waals surface area (Å²) in [6.07, 6.45) is -0.529. The molecule has 0 aliphatic rings. The number of carbonyl (C=O) groups excluding carboxylic acids is 1. The van der Waals surface area contributed by atoms with E-state index in [1.54, 1.807) is 6.92 Å². The Labute approximate surface area is 79.0 Å². The van der Waals surface area contributed by atoms with Crippen molar-refractivity contribution in [1.29, 1.82) is 0 Å². The second-order valence-corrected chi connectivity index (χ2v) is 4.22. The maximum absolute atomic E-state index is 10.9. The van der Waals surface area contributed by atoms with E-state index in [4.69, 9.17) is 5.11 Å². The molecule has 0 aromatic heterocycles. The molecule has 5 nitrogen and oxygen atoms in total. The molecule has 0 rings (SSSR count). The predicted molar refractivity (Wildman–Crippen MR) is 48.8 cm³/mol. The molecule has 2 N–H and O–H groups in total. The summed E-state index contributed by atoms with van der Waals surface area (Å²) < 4.78 is 10.9. The molecule has 0 aliphatic carbocycles. The molecule has 0 aliphatic heterocycles. The summed E-state index contributed by atoms with van der Waals surface area (Å²) in [5.41, 5.74) is 0. The number of nitrogens with one attached hydrogen (secondary N) is 1. The monoisotopic (exact) mass is 207 g/mol. The van der Waals surface area contributed by atoms with Crippen molar-refractivity contribution in [3.8, 4) is 0 Å². The van der Waals surface area contributed by atoms with Crippen molar-refractivity contribution in [2.75, 3.05) is 18.1 Å². The average Bonchev–Trinajstić information content (AvgIpc) is 2.02. The van der Waals surface area contributed by atoms with Crippen LogP contribution in [0.3, 0.4) is 0 Å². The van der Waals surface area contributed by atoms with E-state index in [0.717, 1.165) is 0 Å². The van der Waals surface area contributed by atoms with Crippen molar-refractivity contribution >= 4 is 22.7 Å². The first-order valence-electron chi connectivity index (χ1n) is 3.89. The number of aliphatic carboxylic acids is 1. The lowest BCUT2D eigenvalue weighted by Gasteiger charge is -2.01. The van der Waals surface area contributed by atoms with Crippen LogP contribution in [0.5, 0.6) is 0 Å². The SMILES string of the molecule is CCS(=O)CCNC(=O)CC(=O)O. The van der Waals surface area contributed by atoms with E-state index in [-0.39, 0.29) is 6.54 Å². The molecule has 1 unspecified atom stereocenters. The number of rotatable bonds is 6. The van der Waals surface area contributed by atoms with Crippen LogP contribution in [0.15, 0.2) is 0 Å². The van der Waals surface area contributed by atoms with Gasteiger partial charge in [-0.2, -0.15) is 0 Å². The van der Waals surface area contributed by atoms with Crippen molar-refractivity contribution in [2.24, 2.45) is 0 Å². The third kappa shape index (κ3) is 7.45. The molecular weight excluding hydrogens is 194 g/mol. The van der Waals surface area contributed by atoms with Gasteiger partial charge < -0.3 is 10.4 Å². The van der Waals surface area contributed by atoms with Gasteiger partial charge in [-0.1, -0.05) is 6.92 Å². The lowest BCUT2D eigenvalue weighted by Crippen LogP contribution is -2.29. The maximum Gasteiger partial charge on any atom is 0.312 e. The van der Waals surface area contributed by atoms with Crippen LogP contribution in [-0.2, 0) is 20.4 Å². The van der Waals surface area contributed by atoms with Gasteiger partial charge in [-0.25, -0.2) is 0 Å². The number of carboxylic acid groups (broad SMARTS) is 1. The van der Waals surface area contributed by atoms with E-state index < -0.39 is 29.1 Å². The van der Waals surface area contributed by atoms with Gasteiger partial charge in [0.25, 0.3) is 0 Å². The minimum atomic E-state index is -1.16. The Bertz CT molecular complexity index is 217. The van der Waals surface area contributed by atoms with Crippen LogP contribution >= 0.6 is 0 Å². The van der Waals surface area contributed by atoms with Gasteiger partial charge in [-0.15, -0.1) is 0 Å². The Balaban J connectivity index is 3.48. The second-order valence-electron chi connectivity index (χ2n) is 2.35. The number of amides is 1. The molecule has 0 radical (unpaired) electrons. The first-order chi connectivity index (χ1) is 6.06. The topological polar surface area (TPSA) is 83.5 Å². The number of hydrogen-bond donors (Lipinski definition) is 2. The molecule has 76 valence electrons. The average molecular weight is 207 g/mol. The highest BCUT2D eigenvalue weighted by Crippen LogP contribution is 1.82. The van der Waals surface area contributed by atoms with Gasteiger partial charge in [-0.05, 0) is 0 Å². The van der Waals surface area contributed by atoms with Crippen LogP contribution in [-0.4, -0.2) is 39.2 Å². The summed E-state index contributed by atoms with van der Waals surface area (Å²) >= 11 is 0. The molecule has 6 heteroatoms. The summed E-state index contributed by atoms with van der Waals surface area (Å²) in [7, 11) is -0.918. The Morgan fingerprint density at radius 1 is 1.46 bits per heavy atom. The molecule has 0 aromatic rings. The molecule has 0 bridgehead atoms. The second kappa shape index (κ2) is 6.59. The van der Waals surface area contributed by atoms with Gasteiger partial charge in [-0.3, -0.25) is 13.8 Å². The third-order valence-electron chi connectivity index (χ3n) is 1.29. The minimum Gasteiger partial charge on any atom is -0.481 e. The standard InChI is InChI=1S/C7H13NO4S/c1-2-13(12)4-3-8-6(9)5-7(10)11/h2-5H2,1H3,(H,8,9)(H,10,11). The Morgan fingerprint density at radius 2 is 2.08 bits per heavy atom. The minimum absolute atomic E-state index is 0.270. The summed E-state index contributed by atoms with van der Waals surface area (Å²) in [4.78, 5) is 20.8. The highest BCUT2D eigenvalue weighted by atomic mass is 32.2. The molecule has 0 fully saturated rings. The molecule has 1 amide bonds. The van der Waals surface area contributed by atoms with Gasteiger partial charge in [0.05, 0.1) is 0 Å². The zero-order valence-electron chi connectivity index (χ0n) is 7.41. The summed E-state index contributed by atoms with van der Waals surface area (Å²) in [5, 5.41) is 10.6. The van der Waals surface area contributed by atoms with Crippen LogP contribution < -0.4 is 5.32 Å². The molecule has 1 atom stereocenters. The van der Waals surface area contributed by atoms with Crippen molar-refractivity contribution in [1.82, 2.24) is 5.32 Å². The summed E-state index contributed by atoms with van der Waals surface area (Å²) in [5.74, 6) is -0.772. The first kappa shape index (κ1) is 12.1. The zero-order chi connectivity index (χ0) is 10.3. The molecule has 0 heterocycles. The normalized spacial score (nSPS) is 12.1. The van der Waals surface area contributed by atoms with Crippen molar-refractivity contribution < 1.29 is 18.9 Å². The Kier molecular flexibility index (Phi) is 6.13. The van der Waals surface area contributed by atoms with E-state index in [1.165, 1.54) is 0 Å². The lowest BCUT2D eigenvalue weighted by atomic mass is 10.4. The number of carbonyl (C=O) groups is 2. The lowest BCUT2D eigenvalue weighted by molar-refractivity contribution is -0.140. The van der Waals surface area contributed by atoms with E-state index in [9.17, 15) is 13.8 Å². The molecule has 0 saturated heterocycles. The van der Waals surface area contributed by atoms with Crippen LogP contribution in [0.2, 0.25) is 0 Å². The fourth-order valence-electron chi connectivity index (χ4n) is 0.648. The van der Waals surface area contributed by atoms with Crippen molar-refractivity contribution in [2.45, 2.75) is 13.3 Å². The number of carboxylic acids is 1. The molecule has 0 aromatic carbocycles. The van der Waals surface area contributed by atoms with Gasteiger partial charge in [0.15, 0.2) is 0 Å². The quantitative estimate of drug-likeness (QED) is 0.567.